The molecule has 0 aliphatic carbocycles. The maximum absolute atomic E-state index is 13.4. The Morgan fingerprint density at radius 3 is 2.56 bits per heavy atom. The number of fused-ring (bicyclic) bond motifs is 1. The van der Waals surface area contributed by atoms with E-state index in [2.05, 4.69) is 15.3 Å². The van der Waals surface area contributed by atoms with Gasteiger partial charge < -0.3 is 31.5 Å². The molecule has 0 spiro atoms. The van der Waals surface area contributed by atoms with E-state index in [0.717, 1.165) is 6.07 Å². The van der Waals surface area contributed by atoms with Crippen LogP contribution >= 0.6 is 0 Å². The zero-order valence-corrected chi connectivity index (χ0v) is 18.2. The molecule has 0 saturated heterocycles. The van der Waals surface area contributed by atoms with E-state index in [9.17, 15) is 29.6 Å². The van der Waals surface area contributed by atoms with Gasteiger partial charge in [-0.15, -0.1) is 0 Å². The number of nitrogens with zero attached hydrogens (tertiary/aromatic N) is 3. The summed E-state index contributed by atoms with van der Waals surface area (Å²) in [6.45, 7) is 3.36. The van der Waals surface area contributed by atoms with Crippen LogP contribution in [0.5, 0.6) is 0 Å². The van der Waals surface area contributed by atoms with Crippen molar-refractivity contribution in [1.82, 2.24) is 14.4 Å². The van der Waals surface area contributed by atoms with Crippen molar-refractivity contribution in [2.75, 3.05) is 11.1 Å². The minimum Gasteiger partial charge on any atom is -0.382 e. The first-order valence-corrected chi connectivity index (χ1v) is 10.1. The van der Waals surface area contributed by atoms with Gasteiger partial charge in [0.15, 0.2) is 6.10 Å². The van der Waals surface area contributed by atoms with Crippen LogP contribution in [0.25, 0.3) is 16.8 Å². The van der Waals surface area contributed by atoms with Gasteiger partial charge in [0.25, 0.3) is 5.91 Å². The van der Waals surface area contributed by atoms with Crippen LogP contribution in [0.4, 0.5) is 15.9 Å². The summed E-state index contributed by atoms with van der Waals surface area (Å²) in [6.07, 6.45) is -0.172. The lowest BCUT2D eigenvalue weighted by Crippen LogP contribution is -2.27. The molecule has 176 valence electrons. The summed E-state index contributed by atoms with van der Waals surface area (Å²) >= 11 is 0. The number of aromatic nitrogens is 3. The highest BCUT2D eigenvalue weighted by atomic mass is 19.1. The zero-order chi connectivity index (χ0) is 24.8. The number of imidazole rings is 1. The van der Waals surface area contributed by atoms with E-state index in [4.69, 9.17) is 5.73 Å². The molecule has 2 heterocycles. The SMILES string of the molecule is Cc1cc(NC(=O)C(O)c2cccc(F)c2)ccc1-c1nc(C(O)(O)O)n2c(C)cnc(N)c12. The van der Waals surface area contributed by atoms with Gasteiger partial charge in [0.1, 0.15) is 22.8 Å². The summed E-state index contributed by atoms with van der Waals surface area (Å²) in [5, 5.41) is 42.2. The van der Waals surface area contributed by atoms with Gasteiger partial charge >= 0.3 is 5.97 Å². The van der Waals surface area contributed by atoms with Crippen molar-refractivity contribution in [3.05, 3.63) is 77.1 Å². The average Bonchev–Trinajstić information content (AvgIpc) is 3.18. The Kier molecular flexibility index (Phi) is 5.79. The fraction of sp³-hybridized carbons (Fsp3) is 0.174. The number of hydrogen-bond acceptors (Lipinski definition) is 8. The van der Waals surface area contributed by atoms with Crippen molar-refractivity contribution in [2.45, 2.75) is 25.9 Å². The molecule has 11 heteroatoms. The molecule has 0 radical (unpaired) electrons. The monoisotopic (exact) mass is 467 g/mol. The first-order chi connectivity index (χ1) is 16.0. The van der Waals surface area contributed by atoms with Crippen LogP contribution in [0.1, 0.15) is 28.7 Å². The number of nitrogens with one attached hydrogen (secondary N) is 1. The average molecular weight is 467 g/mol. The number of hydrogen-bond donors (Lipinski definition) is 6. The maximum Gasteiger partial charge on any atom is 0.339 e. The summed E-state index contributed by atoms with van der Waals surface area (Å²) in [4.78, 5) is 20.8. The largest absolute Gasteiger partial charge is 0.382 e. The number of benzene rings is 2. The third-order valence-electron chi connectivity index (χ3n) is 5.33. The molecule has 1 amide bonds. The number of aliphatic hydroxyl groups is 4. The predicted octanol–water partition coefficient (Wildman–Crippen LogP) is 1.49. The standard InChI is InChI=1S/C23H22FN5O5/c1-11-8-15(27-21(31)19(30)13-4-3-5-14(24)9-13)6-7-16(11)17-18-20(25)26-10-12(2)29(18)22(28-17)23(32,33)34/h3-10,19,30,32-34H,1-2H3,(H2,25,26)(H,27,31). The number of nitrogen functional groups attached to an aromatic ring is 1. The normalized spacial score (nSPS) is 12.7. The molecule has 0 bridgehead atoms. The van der Waals surface area contributed by atoms with Crippen molar-refractivity contribution in [1.29, 1.82) is 0 Å². The highest BCUT2D eigenvalue weighted by Crippen LogP contribution is 2.34. The van der Waals surface area contributed by atoms with E-state index in [-0.39, 0.29) is 22.6 Å². The summed E-state index contributed by atoms with van der Waals surface area (Å²) < 4.78 is 14.7. The molecule has 1 unspecified atom stereocenters. The molecule has 2 aromatic heterocycles. The zero-order valence-electron chi connectivity index (χ0n) is 18.2. The molecule has 0 fully saturated rings. The molecule has 10 nitrogen and oxygen atoms in total. The topological polar surface area (TPSA) is 166 Å². The molecule has 4 rings (SSSR count). The van der Waals surface area contributed by atoms with Crippen LogP contribution in [0.2, 0.25) is 0 Å². The quantitative estimate of drug-likeness (QED) is 0.240. The molecular formula is C23H22FN5O5. The van der Waals surface area contributed by atoms with Gasteiger partial charge in [-0.1, -0.05) is 18.2 Å². The number of carbonyl (C=O) groups excluding carboxylic acids is 1. The Balaban J connectivity index is 1.71. The first kappa shape index (κ1) is 23.3. The van der Waals surface area contributed by atoms with Gasteiger partial charge in [-0.25, -0.2) is 14.4 Å². The Morgan fingerprint density at radius 1 is 1.18 bits per heavy atom. The lowest BCUT2D eigenvalue weighted by atomic mass is 10.0. The molecule has 7 N–H and O–H groups in total. The van der Waals surface area contributed by atoms with Crippen LogP contribution < -0.4 is 11.1 Å². The van der Waals surface area contributed by atoms with E-state index in [1.807, 2.05) is 0 Å². The third kappa shape index (κ3) is 4.20. The molecule has 0 saturated carbocycles. The van der Waals surface area contributed by atoms with Crippen LogP contribution in [-0.2, 0) is 10.8 Å². The number of carbonyl (C=O) groups is 1. The minimum atomic E-state index is -3.23. The number of amides is 1. The summed E-state index contributed by atoms with van der Waals surface area (Å²) in [7, 11) is 0. The molecular weight excluding hydrogens is 445 g/mol. The highest BCUT2D eigenvalue weighted by molar-refractivity contribution is 5.95. The fourth-order valence-electron chi connectivity index (χ4n) is 3.74. The maximum atomic E-state index is 13.4. The second-order valence-corrected chi connectivity index (χ2v) is 7.86. The molecule has 2 aromatic carbocycles. The molecule has 0 aliphatic rings. The summed E-state index contributed by atoms with van der Waals surface area (Å²) in [5.74, 6) is -4.95. The number of anilines is 2. The van der Waals surface area contributed by atoms with Crippen LogP contribution in [0.3, 0.4) is 0 Å². The van der Waals surface area contributed by atoms with Crippen molar-refractivity contribution in [3.63, 3.8) is 0 Å². The Morgan fingerprint density at radius 2 is 1.91 bits per heavy atom. The number of rotatable bonds is 5. The van der Waals surface area contributed by atoms with Crippen LogP contribution in [0, 0.1) is 19.7 Å². The molecule has 1 atom stereocenters. The lowest BCUT2D eigenvalue weighted by molar-refractivity contribution is -0.329. The van der Waals surface area contributed by atoms with E-state index >= 15 is 0 Å². The summed E-state index contributed by atoms with van der Waals surface area (Å²) in [5.41, 5.74) is 8.59. The fourth-order valence-corrected chi connectivity index (χ4v) is 3.74. The van der Waals surface area contributed by atoms with E-state index < -0.39 is 29.6 Å². The minimum absolute atomic E-state index is 0.0543. The van der Waals surface area contributed by atoms with Gasteiger partial charge in [0, 0.05) is 23.1 Å². The van der Waals surface area contributed by atoms with Crippen molar-refractivity contribution in [2.24, 2.45) is 0 Å². The second-order valence-electron chi connectivity index (χ2n) is 7.86. The Hall–Kier alpha value is -3.90. The Bertz CT molecular complexity index is 1410. The van der Waals surface area contributed by atoms with Crippen molar-refractivity contribution >= 4 is 22.9 Å². The van der Waals surface area contributed by atoms with Crippen LogP contribution in [-0.4, -0.2) is 40.7 Å². The van der Waals surface area contributed by atoms with Gasteiger partial charge in [0.2, 0.25) is 5.82 Å². The van der Waals surface area contributed by atoms with Gasteiger partial charge in [0.05, 0.1) is 0 Å². The third-order valence-corrected chi connectivity index (χ3v) is 5.33. The number of nitrogens with two attached hydrogens (primary N) is 1. The Labute approximate surface area is 192 Å². The van der Waals surface area contributed by atoms with Gasteiger partial charge in [-0.3, -0.25) is 9.20 Å². The molecule has 34 heavy (non-hydrogen) atoms. The number of aryl methyl sites for hydroxylation is 2. The smallest absolute Gasteiger partial charge is 0.339 e. The van der Waals surface area contributed by atoms with Gasteiger partial charge in [-0.05, 0) is 49.2 Å². The van der Waals surface area contributed by atoms with Crippen LogP contribution in [0.15, 0.2) is 48.7 Å². The van der Waals surface area contributed by atoms with E-state index in [0.29, 0.717) is 22.5 Å². The van der Waals surface area contributed by atoms with E-state index in [1.165, 1.54) is 28.8 Å². The first-order valence-electron chi connectivity index (χ1n) is 10.1. The lowest BCUT2D eigenvalue weighted by Gasteiger charge is -2.13. The predicted molar refractivity (Wildman–Crippen MR) is 121 cm³/mol. The van der Waals surface area contributed by atoms with Gasteiger partial charge in [-0.2, -0.15) is 0 Å². The number of halogens is 1. The number of aliphatic hydroxyl groups excluding tert-OH is 1. The molecule has 0 aliphatic heterocycles. The van der Waals surface area contributed by atoms with E-state index in [1.54, 1.807) is 32.0 Å². The highest BCUT2D eigenvalue weighted by Gasteiger charge is 2.32. The van der Waals surface area contributed by atoms with Crippen molar-refractivity contribution in [3.8, 4) is 11.3 Å². The second kappa shape index (κ2) is 8.47. The molecule has 4 aromatic rings. The van der Waals surface area contributed by atoms with Crippen molar-refractivity contribution < 1.29 is 29.6 Å². The summed E-state index contributed by atoms with van der Waals surface area (Å²) in [6, 6.07) is 9.88.